The second-order valence-corrected chi connectivity index (χ2v) is 5.57. The van der Waals surface area contributed by atoms with E-state index >= 15 is 0 Å². The number of nitrogens with two attached hydrogens (primary N) is 1. The molecule has 3 nitrogen and oxygen atoms in total. The van der Waals surface area contributed by atoms with Crippen molar-refractivity contribution in [2.75, 3.05) is 7.11 Å². The quantitative estimate of drug-likeness (QED) is 0.931. The molecule has 18 heavy (non-hydrogen) atoms. The molecule has 96 valence electrons. The van der Waals surface area contributed by atoms with Crippen LogP contribution in [0.25, 0.3) is 10.6 Å². The molecule has 0 aliphatic carbocycles. The maximum Gasteiger partial charge on any atom is 0.130 e. The van der Waals surface area contributed by atoms with Crippen molar-refractivity contribution >= 4 is 22.9 Å². The standard InChI is InChI=1S/C13H15ClN2OS/c1-7(15)12-8(2)16-13(18-12)10-5-4-9(14)6-11(10)17-3/h4-7H,15H2,1-3H3. The number of benzene rings is 1. The highest BCUT2D eigenvalue weighted by Gasteiger charge is 2.15. The van der Waals surface area contributed by atoms with Crippen molar-refractivity contribution in [1.82, 2.24) is 4.98 Å². The normalized spacial score (nSPS) is 12.5. The van der Waals surface area contributed by atoms with Gasteiger partial charge in [-0.05, 0) is 32.0 Å². The first kappa shape index (κ1) is 13.3. The van der Waals surface area contributed by atoms with Crippen LogP contribution in [0, 0.1) is 6.92 Å². The molecule has 0 aliphatic heterocycles. The number of ether oxygens (including phenoxy) is 1. The van der Waals surface area contributed by atoms with Crippen LogP contribution in [-0.4, -0.2) is 12.1 Å². The minimum absolute atomic E-state index is 0.00505. The summed E-state index contributed by atoms with van der Waals surface area (Å²) in [4.78, 5) is 5.65. The number of halogens is 1. The number of rotatable bonds is 3. The van der Waals surface area contributed by atoms with Crippen molar-refractivity contribution in [3.05, 3.63) is 33.8 Å². The summed E-state index contributed by atoms with van der Waals surface area (Å²) in [5, 5.41) is 1.56. The molecule has 0 fully saturated rings. The van der Waals surface area contributed by atoms with Crippen LogP contribution in [0.1, 0.15) is 23.5 Å². The van der Waals surface area contributed by atoms with Gasteiger partial charge >= 0.3 is 0 Å². The first-order valence-corrected chi connectivity index (χ1v) is 6.79. The maximum absolute atomic E-state index is 5.95. The topological polar surface area (TPSA) is 48.1 Å². The molecule has 1 heterocycles. The van der Waals surface area contributed by atoms with Gasteiger partial charge in [0.2, 0.25) is 0 Å². The average molecular weight is 283 g/mol. The third kappa shape index (κ3) is 2.51. The van der Waals surface area contributed by atoms with Gasteiger partial charge in [-0.3, -0.25) is 0 Å². The van der Waals surface area contributed by atoms with Crippen molar-refractivity contribution in [1.29, 1.82) is 0 Å². The molecule has 0 saturated carbocycles. The summed E-state index contributed by atoms with van der Waals surface area (Å²) in [6, 6.07) is 5.54. The van der Waals surface area contributed by atoms with Crippen LogP contribution in [-0.2, 0) is 0 Å². The van der Waals surface area contributed by atoms with E-state index in [1.807, 2.05) is 26.0 Å². The summed E-state index contributed by atoms with van der Waals surface area (Å²) in [6.45, 7) is 3.93. The molecule has 0 saturated heterocycles. The molecule has 1 aromatic carbocycles. The van der Waals surface area contributed by atoms with E-state index in [2.05, 4.69) is 4.98 Å². The average Bonchev–Trinajstić information content (AvgIpc) is 2.71. The van der Waals surface area contributed by atoms with Crippen LogP contribution in [0.3, 0.4) is 0 Å². The summed E-state index contributed by atoms with van der Waals surface area (Å²) in [6.07, 6.45) is 0. The van der Waals surface area contributed by atoms with Crippen LogP contribution in [0.5, 0.6) is 5.75 Å². The largest absolute Gasteiger partial charge is 0.496 e. The number of thiazole rings is 1. The summed E-state index contributed by atoms with van der Waals surface area (Å²) < 4.78 is 5.34. The third-order valence-electron chi connectivity index (χ3n) is 2.64. The summed E-state index contributed by atoms with van der Waals surface area (Å²) in [5.41, 5.74) is 7.84. The fourth-order valence-electron chi connectivity index (χ4n) is 1.79. The summed E-state index contributed by atoms with van der Waals surface area (Å²) in [7, 11) is 1.63. The Morgan fingerprint density at radius 1 is 1.44 bits per heavy atom. The van der Waals surface area contributed by atoms with Gasteiger partial charge in [0.05, 0.1) is 18.4 Å². The molecular weight excluding hydrogens is 268 g/mol. The number of hydrogen-bond donors (Lipinski definition) is 1. The predicted octanol–water partition coefficient (Wildman–Crippen LogP) is 3.80. The Balaban J connectivity index is 2.52. The highest BCUT2D eigenvalue weighted by atomic mass is 35.5. The van der Waals surface area contributed by atoms with Crippen LogP contribution in [0.2, 0.25) is 5.02 Å². The number of aryl methyl sites for hydroxylation is 1. The molecule has 0 amide bonds. The Hall–Kier alpha value is -1.10. The Morgan fingerprint density at radius 3 is 2.72 bits per heavy atom. The molecule has 2 aromatic rings. The molecule has 0 bridgehead atoms. The van der Waals surface area contributed by atoms with Gasteiger partial charge in [-0.1, -0.05) is 11.6 Å². The molecule has 1 aromatic heterocycles. The van der Waals surface area contributed by atoms with Crippen molar-refractivity contribution in [2.45, 2.75) is 19.9 Å². The van der Waals surface area contributed by atoms with Gasteiger partial charge in [-0.15, -0.1) is 11.3 Å². The predicted molar refractivity (Wildman–Crippen MR) is 76.5 cm³/mol. The van der Waals surface area contributed by atoms with E-state index in [-0.39, 0.29) is 6.04 Å². The van der Waals surface area contributed by atoms with Gasteiger partial charge in [0.1, 0.15) is 10.8 Å². The fraction of sp³-hybridized carbons (Fsp3) is 0.308. The Bertz CT molecular complexity index is 566. The molecule has 2 N–H and O–H groups in total. The summed E-state index contributed by atoms with van der Waals surface area (Å²) in [5.74, 6) is 0.729. The van der Waals surface area contributed by atoms with Gasteiger partial charge in [0.25, 0.3) is 0 Å². The van der Waals surface area contributed by atoms with Crippen molar-refractivity contribution in [2.24, 2.45) is 5.73 Å². The molecular formula is C13H15ClN2OS. The molecule has 2 rings (SSSR count). The van der Waals surface area contributed by atoms with E-state index in [0.717, 1.165) is 26.9 Å². The van der Waals surface area contributed by atoms with E-state index < -0.39 is 0 Å². The van der Waals surface area contributed by atoms with E-state index in [9.17, 15) is 0 Å². The molecule has 5 heteroatoms. The third-order valence-corrected chi connectivity index (χ3v) is 4.27. The first-order chi connectivity index (χ1) is 8.52. The number of hydrogen-bond acceptors (Lipinski definition) is 4. The Kier molecular flexibility index (Phi) is 3.90. The highest BCUT2D eigenvalue weighted by molar-refractivity contribution is 7.15. The van der Waals surface area contributed by atoms with Gasteiger partial charge in [-0.2, -0.15) is 0 Å². The van der Waals surface area contributed by atoms with Crippen LogP contribution in [0.15, 0.2) is 18.2 Å². The Morgan fingerprint density at radius 2 is 2.17 bits per heavy atom. The zero-order chi connectivity index (χ0) is 13.3. The van der Waals surface area contributed by atoms with Gasteiger partial charge < -0.3 is 10.5 Å². The van der Waals surface area contributed by atoms with Crippen molar-refractivity contribution in [3.8, 4) is 16.3 Å². The lowest BCUT2D eigenvalue weighted by Gasteiger charge is -2.06. The smallest absolute Gasteiger partial charge is 0.130 e. The zero-order valence-corrected chi connectivity index (χ0v) is 12.1. The van der Waals surface area contributed by atoms with Gasteiger partial charge in [0, 0.05) is 15.9 Å². The molecule has 0 spiro atoms. The van der Waals surface area contributed by atoms with Gasteiger partial charge in [-0.25, -0.2) is 4.98 Å². The van der Waals surface area contributed by atoms with Crippen molar-refractivity contribution < 1.29 is 4.74 Å². The number of aromatic nitrogens is 1. The SMILES string of the molecule is COc1cc(Cl)ccc1-c1nc(C)c(C(C)N)s1. The van der Waals surface area contributed by atoms with E-state index in [1.54, 1.807) is 24.5 Å². The number of nitrogens with zero attached hydrogens (tertiary/aromatic N) is 1. The van der Waals surface area contributed by atoms with Crippen LogP contribution in [0.4, 0.5) is 0 Å². The molecule has 0 aliphatic rings. The second-order valence-electron chi connectivity index (χ2n) is 4.10. The van der Waals surface area contributed by atoms with E-state index in [4.69, 9.17) is 22.1 Å². The second kappa shape index (κ2) is 5.26. The molecule has 0 radical (unpaired) electrons. The monoisotopic (exact) mass is 282 g/mol. The van der Waals surface area contributed by atoms with Gasteiger partial charge in [0.15, 0.2) is 0 Å². The lowest BCUT2D eigenvalue weighted by Crippen LogP contribution is -2.03. The van der Waals surface area contributed by atoms with E-state index in [0.29, 0.717) is 5.02 Å². The minimum atomic E-state index is -0.00505. The van der Waals surface area contributed by atoms with Crippen molar-refractivity contribution in [3.63, 3.8) is 0 Å². The highest BCUT2D eigenvalue weighted by Crippen LogP contribution is 2.37. The lowest BCUT2D eigenvalue weighted by atomic mass is 10.2. The molecule has 1 atom stereocenters. The fourth-order valence-corrected chi connectivity index (χ4v) is 3.00. The number of methoxy groups -OCH3 is 1. The van der Waals surface area contributed by atoms with E-state index in [1.165, 1.54) is 0 Å². The summed E-state index contributed by atoms with van der Waals surface area (Å²) >= 11 is 7.55. The minimum Gasteiger partial charge on any atom is -0.496 e. The molecule has 1 unspecified atom stereocenters. The van der Waals surface area contributed by atoms with Crippen LogP contribution >= 0.6 is 22.9 Å². The lowest BCUT2D eigenvalue weighted by molar-refractivity contribution is 0.416. The maximum atomic E-state index is 5.95. The zero-order valence-electron chi connectivity index (χ0n) is 10.5. The Labute approximate surface area is 116 Å². The van der Waals surface area contributed by atoms with Crippen LogP contribution < -0.4 is 10.5 Å². The first-order valence-electron chi connectivity index (χ1n) is 5.59.